The van der Waals surface area contributed by atoms with Crippen LogP contribution >= 0.6 is 0 Å². The molecular weight excluding hydrogens is 459 g/mol. The minimum Gasteiger partial charge on any atom is -0.383 e. The number of alkyl halides is 8. The summed E-state index contributed by atoms with van der Waals surface area (Å²) in [7, 11) is 0.730. The second kappa shape index (κ2) is 7.70. The summed E-state index contributed by atoms with van der Waals surface area (Å²) >= 11 is 0. The average molecular weight is 472 g/mol. The van der Waals surface area contributed by atoms with Crippen LogP contribution in [0.1, 0.15) is 18.2 Å². The van der Waals surface area contributed by atoms with Crippen LogP contribution in [0.2, 0.25) is 0 Å². The van der Waals surface area contributed by atoms with Crippen molar-refractivity contribution in [2.75, 3.05) is 11.9 Å². The van der Waals surface area contributed by atoms with Crippen LogP contribution in [0.4, 0.5) is 45.2 Å². The minimum atomic E-state index is -6.33. The van der Waals surface area contributed by atoms with E-state index >= 15 is 0 Å². The molecule has 0 saturated heterocycles. The number of halogens is 9. The second-order valence-electron chi connectivity index (χ2n) is 6.49. The van der Waals surface area contributed by atoms with Crippen LogP contribution in [0.15, 0.2) is 24.4 Å². The van der Waals surface area contributed by atoms with Gasteiger partial charge in [0.1, 0.15) is 11.3 Å². The summed E-state index contributed by atoms with van der Waals surface area (Å²) in [5, 5.41) is 12.4. The van der Waals surface area contributed by atoms with E-state index in [0.717, 1.165) is 13.2 Å². The van der Waals surface area contributed by atoms with Gasteiger partial charge in [-0.05, 0) is 19.1 Å². The number of aryl methyl sites for hydroxylation is 1. The van der Waals surface area contributed by atoms with Gasteiger partial charge in [-0.1, -0.05) is 11.3 Å². The van der Waals surface area contributed by atoms with Gasteiger partial charge < -0.3 is 5.32 Å². The van der Waals surface area contributed by atoms with E-state index in [2.05, 4.69) is 20.7 Å². The highest BCUT2D eigenvalue weighted by Gasteiger charge is 2.64. The first kappa shape index (κ1) is 23.4. The molecule has 3 rings (SSSR count). The molecule has 0 atom stereocenters. The minimum absolute atomic E-state index is 0.0585. The second-order valence-corrected chi connectivity index (χ2v) is 6.49. The van der Waals surface area contributed by atoms with Crippen LogP contribution < -0.4 is 5.32 Å². The molecule has 2 aromatic heterocycles. The number of nitrogens with zero attached hydrogens (tertiary/aromatic N) is 5. The highest BCUT2D eigenvalue weighted by molar-refractivity contribution is 5.66. The zero-order valence-electron chi connectivity index (χ0n) is 16.2. The molecule has 2 heterocycles. The Bertz CT molecular complexity index is 1130. The van der Waals surface area contributed by atoms with Gasteiger partial charge in [0, 0.05) is 19.2 Å². The average Bonchev–Trinajstić information content (AvgIpc) is 3.27. The molecule has 0 aliphatic carbocycles. The summed E-state index contributed by atoms with van der Waals surface area (Å²) in [5.41, 5.74) is -5.30. The predicted molar refractivity (Wildman–Crippen MR) is 92.6 cm³/mol. The first-order valence-electron chi connectivity index (χ1n) is 8.74. The van der Waals surface area contributed by atoms with E-state index in [1.165, 1.54) is 18.2 Å². The molecule has 0 aliphatic heterocycles. The lowest BCUT2D eigenvalue weighted by molar-refractivity contribution is -0.292. The molecular formula is C17H13F9N6. The third-order valence-corrected chi connectivity index (χ3v) is 4.31. The Morgan fingerprint density at radius 2 is 1.69 bits per heavy atom. The zero-order valence-corrected chi connectivity index (χ0v) is 16.2. The van der Waals surface area contributed by atoms with Crippen LogP contribution in [0, 0.1) is 5.82 Å². The van der Waals surface area contributed by atoms with Gasteiger partial charge in [0.25, 0.3) is 0 Å². The standard InChI is InChI=1S/C17H13F9N6/c1-3-27-9-6-4-5-8(12(9)18)10-7-32(30-28-10)14-11(16(21,22)23)13(29-31(14)2)15(19,20)17(24,25)26/h4-7,27H,3H2,1-2H3. The van der Waals surface area contributed by atoms with Gasteiger partial charge in [0.2, 0.25) is 0 Å². The maximum Gasteiger partial charge on any atom is 0.459 e. The Balaban J connectivity index is 2.20. The van der Waals surface area contributed by atoms with Gasteiger partial charge >= 0.3 is 18.3 Å². The Labute approximate surface area is 173 Å². The van der Waals surface area contributed by atoms with Gasteiger partial charge in [0.15, 0.2) is 17.3 Å². The van der Waals surface area contributed by atoms with Crippen molar-refractivity contribution in [1.29, 1.82) is 0 Å². The molecule has 3 aromatic rings. The van der Waals surface area contributed by atoms with Crippen LogP contribution in [-0.4, -0.2) is 37.5 Å². The summed E-state index contributed by atoms with van der Waals surface area (Å²) in [4.78, 5) is 0. The maximum absolute atomic E-state index is 14.6. The summed E-state index contributed by atoms with van der Waals surface area (Å²) in [5.74, 6) is -7.96. The van der Waals surface area contributed by atoms with E-state index in [9.17, 15) is 39.5 Å². The van der Waals surface area contributed by atoms with Gasteiger partial charge in [-0.3, -0.25) is 0 Å². The van der Waals surface area contributed by atoms with Gasteiger partial charge in [-0.2, -0.15) is 40.2 Å². The molecule has 0 unspecified atom stereocenters. The molecule has 6 nitrogen and oxygen atoms in total. The van der Waals surface area contributed by atoms with E-state index in [1.807, 2.05) is 0 Å². The predicted octanol–water partition coefficient (Wildman–Crippen LogP) is 4.91. The van der Waals surface area contributed by atoms with Crippen LogP contribution in [0.25, 0.3) is 17.1 Å². The van der Waals surface area contributed by atoms with Gasteiger partial charge in [-0.25, -0.2) is 13.8 Å². The SMILES string of the molecule is CCNc1cccc(-c2cn(-c3c(C(F)(F)F)c(C(F)(F)C(F)(F)F)nn3C)nn2)c1F. The Hall–Kier alpha value is -3.26. The molecule has 32 heavy (non-hydrogen) atoms. The fraction of sp³-hybridized carbons (Fsp3) is 0.353. The van der Waals surface area contributed by atoms with Crippen LogP contribution in [-0.2, 0) is 19.1 Å². The first-order valence-corrected chi connectivity index (χ1v) is 8.74. The Kier molecular flexibility index (Phi) is 5.63. The maximum atomic E-state index is 14.6. The summed E-state index contributed by atoms with van der Waals surface area (Å²) < 4.78 is 122. The molecule has 1 aromatic carbocycles. The number of hydrogen-bond donors (Lipinski definition) is 1. The number of anilines is 1. The van der Waals surface area contributed by atoms with Gasteiger partial charge in [-0.15, -0.1) is 5.10 Å². The van der Waals surface area contributed by atoms with E-state index < -0.39 is 41.2 Å². The highest BCUT2D eigenvalue weighted by Crippen LogP contribution is 2.49. The Morgan fingerprint density at radius 1 is 1.03 bits per heavy atom. The van der Waals surface area contributed by atoms with Crippen molar-refractivity contribution < 1.29 is 39.5 Å². The topological polar surface area (TPSA) is 60.6 Å². The van der Waals surface area contributed by atoms with Crippen molar-refractivity contribution in [3.8, 4) is 17.1 Å². The molecule has 0 aliphatic rings. The summed E-state index contributed by atoms with van der Waals surface area (Å²) in [6.45, 7) is 2.05. The quantitative estimate of drug-likeness (QED) is 0.537. The van der Waals surface area contributed by atoms with Crippen LogP contribution in [0.5, 0.6) is 0 Å². The number of aromatic nitrogens is 5. The lowest BCUT2D eigenvalue weighted by Crippen LogP contribution is -2.36. The fourth-order valence-electron chi connectivity index (χ4n) is 2.94. The van der Waals surface area contributed by atoms with Crippen molar-refractivity contribution in [1.82, 2.24) is 24.8 Å². The van der Waals surface area contributed by atoms with Crippen molar-refractivity contribution >= 4 is 5.69 Å². The summed E-state index contributed by atoms with van der Waals surface area (Å²) in [6.07, 6.45) is -11.2. The van der Waals surface area contributed by atoms with E-state index in [1.54, 1.807) is 6.92 Å². The fourth-order valence-corrected chi connectivity index (χ4v) is 2.94. The van der Waals surface area contributed by atoms with Crippen molar-refractivity contribution in [2.45, 2.75) is 25.2 Å². The molecule has 0 saturated carbocycles. The monoisotopic (exact) mass is 472 g/mol. The zero-order chi connectivity index (χ0) is 24.1. The largest absolute Gasteiger partial charge is 0.459 e. The smallest absolute Gasteiger partial charge is 0.383 e. The molecule has 0 spiro atoms. The van der Waals surface area contributed by atoms with E-state index in [-0.39, 0.29) is 21.6 Å². The molecule has 0 radical (unpaired) electrons. The van der Waals surface area contributed by atoms with Gasteiger partial charge in [0.05, 0.1) is 11.9 Å². The van der Waals surface area contributed by atoms with Crippen molar-refractivity contribution in [2.24, 2.45) is 7.05 Å². The Morgan fingerprint density at radius 3 is 2.25 bits per heavy atom. The van der Waals surface area contributed by atoms with Crippen LogP contribution in [0.3, 0.4) is 0 Å². The van der Waals surface area contributed by atoms with E-state index in [4.69, 9.17) is 0 Å². The number of rotatable bonds is 5. The third-order valence-electron chi connectivity index (χ3n) is 4.31. The number of hydrogen-bond acceptors (Lipinski definition) is 4. The van der Waals surface area contributed by atoms with Crippen molar-refractivity contribution in [3.05, 3.63) is 41.5 Å². The molecule has 0 bridgehead atoms. The summed E-state index contributed by atoms with van der Waals surface area (Å²) in [6, 6.07) is 4.05. The molecule has 0 amide bonds. The van der Waals surface area contributed by atoms with Crippen molar-refractivity contribution in [3.63, 3.8) is 0 Å². The number of benzene rings is 1. The van der Waals surface area contributed by atoms with E-state index in [0.29, 0.717) is 11.2 Å². The molecule has 15 heteroatoms. The normalized spacial score (nSPS) is 13.0. The molecule has 1 N–H and O–H groups in total. The molecule has 0 fully saturated rings. The third kappa shape index (κ3) is 3.86. The lowest BCUT2D eigenvalue weighted by Gasteiger charge is -2.19. The highest BCUT2D eigenvalue weighted by atomic mass is 19.4. The lowest BCUT2D eigenvalue weighted by atomic mass is 10.1. The first-order chi connectivity index (χ1) is 14.7. The number of nitrogens with one attached hydrogen (secondary N) is 1. The molecule has 174 valence electrons.